The van der Waals surface area contributed by atoms with Crippen molar-refractivity contribution < 1.29 is 18.3 Å². The Bertz CT molecular complexity index is 463. The number of alkyl halides is 3. The van der Waals surface area contributed by atoms with E-state index in [0.29, 0.717) is 30.4 Å². The molecule has 1 fully saturated rings. The zero-order valence-electron chi connectivity index (χ0n) is 10.5. The van der Waals surface area contributed by atoms with Crippen molar-refractivity contribution in [2.24, 2.45) is 0 Å². The summed E-state index contributed by atoms with van der Waals surface area (Å²) < 4.78 is 39.5. The first kappa shape index (κ1) is 14.7. The van der Waals surface area contributed by atoms with Crippen molar-refractivity contribution in [2.75, 3.05) is 18.0 Å². The van der Waals surface area contributed by atoms with E-state index in [1.807, 2.05) is 0 Å². The van der Waals surface area contributed by atoms with Crippen LogP contribution in [0.2, 0.25) is 0 Å². The number of rotatable bonds is 1. The molecule has 1 aromatic rings. The predicted octanol–water partition coefficient (Wildman–Crippen LogP) is 3.82. The second-order valence-corrected chi connectivity index (χ2v) is 6.06. The van der Waals surface area contributed by atoms with Gasteiger partial charge in [0.15, 0.2) is 0 Å². The molecule has 1 N–H and O–H groups in total. The Morgan fingerprint density at radius 3 is 2.37 bits per heavy atom. The highest BCUT2D eigenvalue weighted by Crippen LogP contribution is 2.39. The molecule has 0 unspecified atom stereocenters. The van der Waals surface area contributed by atoms with Gasteiger partial charge in [-0.3, -0.25) is 0 Å². The molecule has 0 aromatic heterocycles. The van der Waals surface area contributed by atoms with Crippen LogP contribution in [0.1, 0.15) is 25.3 Å². The Labute approximate surface area is 118 Å². The SMILES string of the molecule is CC1(O)CCN(c2ccc(Br)cc2C(F)(F)F)CC1. The lowest BCUT2D eigenvalue weighted by atomic mass is 9.93. The summed E-state index contributed by atoms with van der Waals surface area (Å²) in [6.07, 6.45) is -3.43. The molecule has 0 bridgehead atoms. The quantitative estimate of drug-likeness (QED) is 0.842. The molecule has 0 amide bonds. The normalized spacial score (nSPS) is 19.6. The van der Waals surface area contributed by atoms with Gasteiger partial charge >= 0.3 is 6.18 Å². The smallest absolute Gasteiger partial charge is 0.390 e. The number of aliphatic hydroxyl groups is 1. The van der Waals surface area contributed by atoms with Gasteiger partial charge in [-0.2, -0.15) is 13.2 Å². The van der Waals surface area contributed by atoms with E-state index >= 15 is 0 Å². The Hall–Kier alpha value is -0.750. The van der Waals surface area contributed by atoms with Crippen molar-refractivity contribution in [3.8, 4) is 0 Å². The maximum atomic E-state index is 13.0. The summed E-state index contributed by atoms with van der Waals surface area (Å²) >= 11 is 3.07. The van der Waals surface area contributed by atoms with Gasteiger partial charge in [0.25, 0.3) is 0 Å². The third kappa shape index (κ3) is 3.42. The van der Waals surface area contributed by atoms with E-state index in [-0.39, 0.29) is 5.69 Å². The first-order valence-corrected chi connectivity index (χ1v) is 6.82. The lowest BCUT2D eigenvalue weighted by molar-refractivity contribution is -0.137. The number of anilines is 1. The van der Waals surface area contributed by atoms with E-state index in [9.17, 15) is 18.3 Å². The van der Waals surface area contributed by atoms with Gasteiger partial charge in [-0.05, 0) is 38.0 Å². The summed E-state index contributed by atoms with van der Waals surface area (Å²) in [7, 11) is 0. The lowest BCUT2D eigenvalue weighted by Crippen LogP contribution is -2.43. The van der Waals surface area contributed by atoms with Crippen LogP contribution >= 0.6 is 15.9 Å². The number of hydrogen-bond acceptors (Lipinski definition) is 2. The summed E-state index contributed by atoms with van der Waals surface area (Å²) in [4.78, 5) is 1.69. The van der Waals surface area contributed by atoms with Gasteiger partial charge in [-0.1, -0.05) is 15.9 Å². The summed E-state index contributed by atoms with van der Waals surface area (Å²) in [6, 6.07) is 4.19. The summed E-state index contributed by atoms with van der Waals surface area (Å²) in [5.74, 6) is 0. The molecule has 0 atom stereocenters. The third-order valence-corrected chi connectivity index (χ3v) is 3.94. The molecule has 106 valence electrons. The largest absolute Gasteiger partial charge is 0.418 e. The molecule has 19 heavy (non-hydrogen) atoms. The average molecular weight is 338 g/mol. The molecule has 1 aromatic carbocycles. The lowest BCUT2D eigenvalue weighted by Gasteiger charge is -2.38. The predicted molar refractivity (Wildman–Crippen MR) is 71.2 cm³/mol. The van der Waals surface area contributed by atoms with Gasteiger partial charge in [-0.15, -0.1) is 0 Å². The molecule has 1 heterocycles. The molecule has 2 nitrogen and oxygen atoms in total. The second-order valence-electron chi connectivity index (χ2n) is 5.14. The molecule has 0 saturated carbocycles. The van der Waals surface area contributed by atoms with Crippen LogP contribution in [0.4, 0.5) is 18.9 Å². The summed E-state index contributed by atoms with van der Waals surface area (Å²) in [5, 5.41) is 9.86. The molecule has 0 aliphatic carbocycles. The Balaban J connectivity index is 2.30. The molecule has 2 rings (SSSR count). The standard InChI is InChI=1S/C13H15BrF3NO/c1-12(19)4-6-18(7-5-12)11-3-2-9(14)8-10(11)13(15,16)17/h2-3,8,19H,4-7H2,1H3. The molecular weight excluding hydrogens is 323 g/mol. The van der Waals surface area contributed by atoms with E-state index in [1.165, 1.54) is 6.07 Å². The number of benzene rings is 1. The number of hydrogen-bond donors (Lipinski definition) is 1. The van der Waals surface area contributed by atoms with E-state index in [4.69, 9.17) is 0 Å². The van der Waals surface area contributed by atoms with Crippen LogP contribution in [0.5, 0.6) is 0 Å². The van der Waals surface area contributed by atoms with Crippen LogP contribution in [0.3, 0.4) is 0 Å². The van der Waals surface area contributed by atoms with Crippen molar-refractivity contribution in [1.82, 2.24) is 0 Å². The summed E-state index contributed by atoms with van der Waals surface area (Å²) in [6.45, 7) is 2.58. The van der Waals surface area contributed by atoms with E-state index in [1.54, 1.807) is 17.9 Å². The summed E-state index contributed by atoms with van der Waals surface area (Å²) in [5.41, 5.74) is -1.22. The molecular formula is C13H15BrF3NO. The fourth-order valence-electron chi connectivity index (χ4n) is 2.24. The third-order valence-electron chi connectivity index (χ3n) is 3.45. The fraction of sp³-hybridized carbons (Fsp3) is 0.538. The molecule has 0 radical (unpaired) electrons. The van der Waals surface area contributed by atoms with E-state index in [0.717, 1.165) is 6.07 Å². The van der Waals surface area contributed by atoms with E-state index < -0.39 is 17.3 Å². The molecule has 1 aliphatic heterocycles. The Morgan fingerprint density at radius 2 is 1.84 bits per heavy atom. The zero-order valence-corrected chi connectivity index (χ0v) is 12.1. The topological polar surface area (TPSA) is 23.5 Å². The Kier molecular flexibility index (Phi) is 3.84. The number of piperidine rings is 1. The van der Waals surface area contributed by atoms with Crippen molar-refractivity contribution in [2.45, 2.75) is 31.5 Å². The fourth-order valence-corrected chi connectivity index (χ4v) is 2.60. The Morgan fingerprint density at radius 1 is 1.26 bits per heavy atom. The van der Waals surface area contributed by atoms with Crippen LogP contribution in [0, 0.1) is 0 Å². The zero-order chi connectivity index (χ0) is 14.3. The minimum atomic E-state index is -4.38. The van der Waals surface area contributed by atoms with Crippen molar-refractivity contribution >= 4 is 21.6 Å². The van der Waals surface area contributed by atoms with Gasteiger partial charge in [0, 0.05) is 23.2 Å². The first-order chi connectivity index (χ1) is 8.69. The monoisotopic (exact) mass is 337 g/mol. The highest BCUT2D eigenvalue weighted by atomic mass is 79.9. The van der Waals surface area contributed by atoms with Gasteiger partial charge in [0.05, 0.1) is 11.2 Å². The minimum absolute atomic E-state index is 0.186. The number of nitrogens with zero attached hydrogens (tertiary/aromatic N) is 1. The van der Waals surface area contributed by atoms with Gasteiger partial charge in [0.2, 0.25) is 0 Å². The van der Waals surface area contributed by atoms with Crippen LogP contribution in [0.25, 0.3) is 0 Å². The van der Waals surface area contributed by atoms with Crippen molar-refractivity contribution in [3.05, 3.63) is 28.2 Å². The molecule has 6 heteroatoms. The number of halogens is 4. The van der Waals surface area contributed by atoms with Gasteiger partial charge < -0.3 is 10.0 Å². The average Bonchev–Trinajstić information content (AvgIpc) is 2.28. The van der Waals surface area contributed by atoms with Gasteiger partial charge in [-0.25, -0.2) is 0 Å². The minimum Gasteiger partial charge on any atom is -0.390 e. The van der Waals surface area contributed by atoms with Crippen LogP contribution in [-0.2, 0) is 6.18 Å². The highest BCUT2D eigenvalue weighted by molar-refractivity contribution is 9.10. The maximum Gasteiger partial charge on any atom is 0.418 e. The van der Waals surface area contributed by atoms with Crippen LogP contribution in [-0.4, -0.2) is 23.8 Å². The maximum absolute atomic E-state index is 13.0. The molecule has 1 saturated heterocycles. The van der Waals surface area contributed by atoms with Gasteiger partial charge in [0.1, 0.15) is 0 Å². The molecule has 1 aliphatic rings. The van der Waals surface area contributed by atoms with Crippen LogP contribution in [0.15, 0.2) is 22.7 Å². The van der Waals surface area contributed by atoms with Crippen LogP contribution < -0.4 is 4.90 Å². The van der Waals surface area contributed by atoms with Crippen molar-refractivity contribution in [3.63, 3.8) is 0 Å². The first-order valence-electron chi connectivity index (χ1n) is 6.03. The highest BCUT2D eigenvalue weighted by Gasteiger charge is 2.36. The molecule has 0 spiro atoms. The van der Waals surface area contributed by atoms with Crippen molar-refractivity contribution in [1.29, 1.82) is 0 Å². The second kappa shape index (κ2) is 4.98. The van der Waals surface area contributed by atoms with E-state index in [2.05, 4.69) is 15.9 Å².